The number of amides is 1. The summed E-state index contributed by atoms with van der Waals surface area (Å²) in [4.78, 5) is 36.4. The molecule has 2 N–H and O–H groups in total. The van der Waals surface area contributed by atoms with Crippen LogP contribution >= 0.6 is 0 Å². The number of carboxylic acid groups (broad SMARTS) is 2. The van der Waals surface area contributed by atoms with Crippen molar-refractivity contribution in [1.29, 1.82) is 0 Å². The monoisotopic (exact) mass is 363 g/mol. The zero-order valence-corrected chi connectivity index (χ0v) is 15.3. The molecule has 1 saturated heterocycles. The lowest BCUT2D eigenvalue weighted by Crippen LogP contribution is -2.35. The summed E-state index contributed by atoms with van der Waals surface area (Å²) in [6, 6.07) is 6.56. The van der Waals surface area contributed by atoms with Gasteiger partial charge in [-0.25, -0.2) is 9.59 Å². The highest BCUT2D eigenvalue weighted by atomic mass is 16.6. The van der Waals surface area contributed by atoms with Crippen LogP contribution in [-0.4, -0.2) is 51.8 Å². The van der Waals surface area contributed by atoms with Crippen molar-refractivity contribution in [2.24, 2.45) is 5.92 Å². The summed E-state index contributed by atoms with van der Waals surface area (Å²) in [5.41, 5.74) is 0.477. The number of aliphatic carboxylic acids is 1. The predicted molar refractivity (Wildman–Crippen MR) is 94.3 cm³/mol. The molecule has 1 aliphatic heterocycles. The van der Waals surface area contributed by atoms with Crippen molar-refractivity contribution in [1.82, 2.24) is 4.90 Å². The summed E-state index contributed by atoms with van der Waals surface area (Å²) in [6.45, 7) is 5.79. The molecule has 0 aromatic heterocycles. The summed E-state index contributed by atoms with van der Waals surface area (Å²) in [7, 11) is 0. The first-order valence-electron chi connectivity index (χ1n) is 8.62. The Labute approximate surface area is 152 Å². The molecular formula is C19H25NO6. The zero-order chi connectivity index (χ0) is 19.5. The average Bonchev–Trinajstić information content (AvgIpc) is 2.76. The molecule has 0 saturated carbocycles. The number of benzene rings is 1. The normalized spacial score (nSPS) is 21.0. The maximum absolute atomic E-state index is 12.1. The van der Waals surface area contributed by atoms with E-state index >= 15 is 0 Å². The van der Waals surface area contributed by atoms with Crippen LogP contribution in [0.2, 0.25) is 0 Å². The van der Waals surface area contributed by atoms with Gasteiger partial charge in [-0.1, -0.05) is 12.1 Å². The number of carbonyl (C=O) groups excluding carboxylic acids is 1. The molecule has 1 fully saturated rings. The van der Waals surface area contributed by atoms with Crippen molar-refractivity contribution < 1.29 is 29.3 Å². The highest BCUT2D eigenvalue weighted by Gasteiger charge is 2.34. The van der Waals surface area contributed by atoms with Crippen molar-refractivity contribution >= 4 is 18.0 Å². The van der Waals surface area contributed by atoms with E-state index in [1.807, 2.05) is 0 Å². The third-order valence-electron chi connectivity index (χ3n) is 4.41. The van der Waals surface area contributed by atoms with Crippen molar-refractivity contribution in [2.75, 3.05) is 13.1 Å². The van der Waals surface area contributed by atoms with E-state index in [1.54, 1.807) is 45.0 Å². The molecule has 1 aliphatic rings. The number of nitrogens with zero attached hydrogens (tertiary/aromatic N) is 1. The molecule has 1 amide bonds. The third-order valence-corrected chi connectivity index (χ3v) is 4.41. The van der Waals surface area contributed by atoms with Crippen LogP contribution in [0.15, 0.2) is 24.3 Å². The third kappa shape index (κ3) is 4.97. The minimum atomic E-state index is -1.05. The molecule has 0 aliphatic carbocycles. The van der Waals surface area contributed by atoms with Gasteiger partial charge in [0.1, 0.15) is 5.60 Å². The highest BCUT2D eigenvalue weighted by molar-refractivity contribution is 5.89. The topological polar surface area (TPSA) is 104 Å². The quantitative estimate of drug-likeness (QED) is 0.799. The first-order valence-corrected chi connectivity index (χ1v) is 8.62. The summed E-state index contributed by atoms with van der Waals surface area (Å²) in [5, 5.41) is 18.8. The first kappa shape index (κ1) is 19.8. The van der Waals surface area contributed by atoms with Crippen LogP contribution in [0, 0.1) is 5.92 Å². The molecule has 26 heavy (non-hydrogen) atoms. The Hall–Kier alpha value is -2.57. The Bertz CT molecular complexity index is 676. The predicted octanol–water partition coefficient (Wildman–Crippen LogP) is 3.20. The maximum Gasteiger partial charge on any atom is 0.407 e. The van der Waals surface area contributed by atoms with E-state index in [2.05, 4.69) is 0 Å². The Kier molecular flexibility index (Phi) is 5.90. The molecule has 1 aromatic rings. The minimum Gasteiger partial charge on any atom is -0.481 e. The number of carboxylic acids is 1. The molecule has 142 valence electrons. The average molecular weight is 363 g/mol. The maximum atomic E-state index is 12.1. The van der Waals surface area contributed by atoms with Crippen molar-refractivity contribution in [3.05, 3.63) is 35.4 Å². The Morgan fingerprint density at radius 1 is 1.12 bits per heavy atom. The van der Waals surface area contributed by atoms with Gasteiger partial charge in [-0.05, 0) is 51.3 Å². The smallest absolute Gasteiger partial charge is 0.407 e. The molecule has 7 nitrogen and oxygen atoms in total. The summed E-state index contributed by atoms with van der Waals surface area (Å²) >= 11 is 0. The number of esters is 1. The van der Waals surface area contributed by atoms with Crippen LogP contribution < -0.4 is 0 Å². The molecule has 1 heterocycles. The Morgan fingerprint density at radius 3 is 2.23 bits per heavy atom. The summed E-state index contributed by atoms with van der Waals surface area (Å²) in [5.74, 6) is -2.50. The number of hydrogen-bond acceptors (Lipinski definition) is 4. The Balaban J connectivity index is 2.26. The number of likely N-dealkylation sites (tertiary alicyclic amines) is 1. The van der Waals surface area contributed by atoms with Gasteiger partial charge in [0.15, 0.2) is 0 Å². The molecule has 1 unspecified atom stereocenters. The van der Waals surface area contributed by atoms with Gasteiger partial charge in [0.05, 0.1) is 11.5 Å². The fourth-order valence-corrected chi connectivity index (χ4v) is 3.17. The van der Waals surface area contributed by atoms with Gasteiger partial charge in [-0.15, -0.1) is 0 Å². The van der Waals surface area contributed by atoms with E-state index in [4.69, 9.17) is 4.74 Å². The molecular weight excluding hydrogens is 338 g/mol. The van der Waals surface area contributed by atoms with Gasteiger partial charge < -0.3 is 19.8 Å². The highest BCUT2D eigenvalue weighted by Crippen LogP contribution is 2.32. The lowest BCUT2D eigenvalue weighted by atomic mass is 9.83. The minimum absolute atomic E-state index is 0.123. The molecule has 2 rings (SSSR count). The van der Waals surface area contributed by atoms with E-state index in [0.717, 1.165) is 0 Å². The van der Waals surface area contributed by atoms with Gasteiger partial charge in [0, 0.05) is 19.0 Å². The second-order valence-electron chi connectivity index (χ2n) is 7.55. The second kappa shape index (κ2) is 7.76. The number of ether oxygens (including phenoxy) is 1. The molecule has 0 radical (unpaired) electrons. The fraction of sp³-hybridized carbons (Fsp3) is 0.526. The van der Waals surface area contributed by atoms with E-state index < -0.39 is 35.5 Å². The fourth-order valence-electron chi connectivity index (χ4n) is 3.17. The van der Waals surface area contributed by atoms with Gasteiger partial charge in [0.25, 0.3) is 0 Å². The van der Waals surface area contributed by atoms with Crippen molar-refractivity contribution in [2.45, 2.75) is 45.1 Å². The molecule has 1 aromatic carbocycles. The van der Waals surface area contributed by atoms with E-state index in [1.165, 1.54) is 4.90 Å². The standard InChI is InChI=1S/C19H25NO6/c1-19(2,3)26-17(23)13-8-6-12(7-9-13)15-11-20(18(24)25)10-4-5-14(15)16(21)22/h6-9,14-15H,4-5,10-11H2,1-3H3,(H,21,22)(H,24,25)/t14?,15-/m0/s1. The van der Waals surface area contributed by atoms with Gasteiger partial charge in [0.2, 0.25) is 0 Å². The summed E-state index contributed by atoms with van der Waals surface area (Å²) < 4.78 is 5.32. The number of carbonyl (C=O) groups is 3. The summed E-state index contributed by atoms with van der Waals surface area (Å²) in [6.07, 6.45) is -0.126. The number of hydrogen-bond donors (Lipinski definition) is 2. The van der Waals surface area contributed by atoms with E-state index in [-0.39, 0.29) is 6.54 Å². The van der Waals surface area contributed by atoms with E-state index in [9.17, 15) is 24.6 Å². The van der Waals surface area contributed by atoms with Crippen LogP contribution in [0.3, 0.4) is 0 Å². The van der Waals surface area contributed by atoms with Gasteiger partial charge >= 0.3 is 18.0 Å². The molecule has 0 bridgehead atoms. The lowest BCUT2D eigenvalue weighted by Gasteiger charge is -2.25. The molecule has 2 atom stereocenters. The van der Waals surface area contributed by atoms with Crippen LogP contribution in [0.25, 0.3) is 0 Å². The van der Waals surface area contributed by atoms with Crippen LogP contribution in [0.5, 0.6) is 0 Å². The first-order chi connectivity index (χ1) is 12.1. The largest absolute Gasteiger partial charge is 0.481 e. The van der Waals surface area contributed by atoms with Crippen LogP contribution in [0.4, 0.5) is 4.79 Å². The van der Waals surface area contributed by atoms with E-state index in [0.29, 0.717) is 30.5 Å². The Morgan fingerprint density at radius 2 is 1.73 bits per heavy atom. The van der Waals surface area contributed by atoms with Gasteiger partial charge in [-0.3, -0.25) is 4.79 Å². The SMILES string of the molecule is CC(C)(C)OC(=O)c1ccc([C@@H]2CN(C(=O)O)CCCC2C(=O)O)cc1. The van der Waals surface area contributed by atoms with Crippen molar-refractivity contribution in [3.8, 4) is 0 Å². The van der Waals surface area contributed by atoms with Crippen molar-refractivity contribution in [3.63, 3.8) is 0 Å². The number of rotatable bonds is 3. The van der Waals surface area contributed by atoms with Crippen LogP contribution in [-0.2, 0) is 9.53 Å². The lowest BCUT2D eigenvalue weighted by molar-refractivity contribution is -0.142. The molecule has 7 heteroatoms. The molecule has 0 spiro atoms. The van der Waals surface area contributed by atoms with Gasteiger partial charge in [-0.2, -0.15) is 0 Å². The van der Waals surface area contributed by atoms with Crippen LogP contribution in [0.1, 0.15) is 55.5 Å². The zero-order valence-electron chi connectivity index (χ0n) is 15.3. The second-order valence-corrected chi connectivity index (χ2v) is 7.55.